The van der Waals surface area contributed by atoms with E-state index in [9.17, 15) is 17.2 Å². The maximum absolute atomic E-state index is 13.9. The monoisotopic (exact) mass is 291 g/mol. The lowest BCUT2D eigenvalue weighted by Crippen LogP contribution is -2.29. The number of nitrogens with one attached hydrogen (secondary N) is 1. The van der Waals surface area contributed by atoms with Crippen molar-refractivity contribution in [1.29, 1.82) is 0 Å². The van der Waals surface area contributed by atoms with Crippen LogP contribution in [0.1, 0.15) is 30.5 Å². The molecule has 0 amide bonds. The molecule has 0 aliphatic rings. The van der Waals surface area contributed by atoms with Crippen molar-refractivity contribution in [3.63, 3.8) is 0 Å². The van der Waals surface area contributed by atoms with Crippen LogP contribution in [0.15, 0.2) is 12.1 Å². The van der Waals surface area contributed by atoms with Gasteiger partial charge in [0, 0.05) is 17.9 Å². The van der Waals surface area contributed by atoms with Crippen molar-refractivity contribution in [3.8, 4) is 0 Å². The maximum atomic E-state index is 13.9. The van der Waals surface area contributed by atoms with Crippen LogP contribution in [0.3, 0.4) is 0 Å². The van der Waals surface area contributed by atoms with E-state index in [1.807, 2.05) is 6.92 Å². The van der Waals surface area contributed by atoms with Gasteiger partial charge in [-0.3, -0.25) is 0 Å². The largest absolute Gasteiger partial charge is 0.309 e. The number of benzene rings is 1. The zero-order valence-electron chi connectivity index (χ0n) is 11.3. The first-order chi connectivity index (χ1) is 8.74. The van der Waals surface area contributed by atoms with Gasteiger partial charge in [0.25, 0.3) is 0 Å². The molecule has 1 N–H and O–H groups in total. The van der Waals surface area contributed by atoms with Crippen LogP contribution in [0.4, 0.5) is 8.78 Å². The third-order valence-electron chi connectivity index (χ3n) is 2.76. The molecule has 0 aromatic heterocycles. The van der Waals surface area contributed by atoms with Gasteiger partial charge < -0.3 is 5.32 Å². The minimum absolute atomic E-state index is 0.0574. The molecule has 0 fully saturated rings. The molecule has 6 heteroatoms. The van der Waals surface area contributed by atoms with E-state index in [1.54, 1.807) is 0 Å². The minimum Gasteiger partial charge on any atom is -0.309 e. The molecule has 0 saturated carbocycles. The smallest absolute Gasteiger partial charge is 0.149 e. The third-order valence-corrected chi connectivity index (χ3v) is 3.70. The van der Waals surface area contributed by atoms with Crippen molar-refractivity contribution < 1.29 is 17.2 Å². The summed E-state index contributed by atoms with van der Waals surface area (Å²) in [6.45, 7) is 3.92. The zero-order chi connectivity index (χ0) is 14.6. The van der Waals surface area contributed by atoms with E-state index in [2.05, 4.69) is 5.32 Å². The fourth-order valence-electron chi connectivity index (χ4n) is 1.81. The molecule has 0 aliphatic heterocycles. The number of aryl methyl sites for hydroxylation is 1. The first-order valence-corrected chi connectivity index (χ1v) is 8.17. The topological polar surface area (TPSA) is 46.2 Å². The highest BCUT2D eigenvalue weighted by molar-refractivity contribution is 7.90. The SMILES string of the molecule is CCCNC(CS(C)(=O)=O)c1cc(F)c(C)cc1F. The number of rotatable bonds is 6. The summed E-state index contributed by atoms with van der Waals surface area (Å²) >= 11 is 0. The Kier molecular flexibility index (Phi) is 5.43. The summed E-state index contributed by atoms with van der Waals surface area (Å²) < 4.78 is 50.2. The lowest BCUT2D eigenvalue weighted by atomic mass is 10.0. The molecule has 0 saturated heterocycles. The van der Waals surface area contributed by atoms with Gasteiger partial charge in [0.15, 0.2) is 0 Å². The van der Waals surface area contributed by atoms with Crippen LogP contribution in [-0.4, -0.2) is 27.0 Å². The van der Waals surface area contributed by atoms with Crippen molar-refractivity contribution in [1.82, 2.24) is 5.32 Å². The van der Waals surface area contributed by atoms with Gasteiger partial charge in [0.2, 0.25) is 0 Å². The lowest BCUT2D eigenvalue weighted by molar-refractivity contribution is 0.510. The first kappa shape index (κ1) is 16.0. The van der Waals surface area contributed by atoms with Crippen molar-refractivity contribution in [2.24, 2.45) is 0 Å². The molecule has 1 unspecified atom stereocenters. The maximum Gasteiger partial charge on any atom is 0.149 e. The van der Waals surface area contributed by atoms with E-state index < -0.39 is 27.5 Å². The summed E-state index contributed by atoms with van der Waals surface area (Å²) in [7, 11) is -3.29. The molecule has 1 aromatic carbocycles. The zero-order valence-corrected chi connectivity index (χ0v) is 12.2. The molecule has 108 valence electrons. The van der Waals surface area contributed by atoms with E-state index in [-0.39, 0.29) is 16.9 Å². The number of hydrogen-bond acceptors (Lipinski definition) is 3. The van der Waals surface area contributed by atoms with Gasteiger partial charge in [-0.2, -0.15) is 0 Å². The van der Waals surface area contributed by atoms with Gasteiger partial charge in [-0.05, 0) is 37.6 Å². The molecule has 0 heterocycles. The van der Waals surface area contributed by atoms with Crippen LogP contribution in [0, 0.1) is 18.6 Å². The second-order valence-corrected chi connectivity index (χ2v) is 6.91. The van der Waals surface area contributed by atoms with Gasteiger partial charge in [0.1, 0.15) is 21.5 Å². The Bertz CT molecular complexity index is 544. The Morgan fingerprint density at radius 1 is 1.26 bits per heavy atom. The van der Waals surface area contributed by atoms with E-state index in [1.165, 1.54) is 6.92 Å². The van der Waals surface area contributed by atoms with Crippen LogP contribution >= 0.6 is 0 Å². The van der Waals surface area contributed by atoms with Gasteiger partial charge in [-0.25, -0.2) is 17.2 Å². The average molecular weight is 291 g/mol. The van der Waals surface area contributed by atoms with Gasteiger partial charge in [-0.15, -0.1) is 0 Å². The highest BCUT2D eigenvalue weighted by Gasteiger charge is 2.21. The predicted octanol–water partition coefficient (Wildman–Crippen LogP) is 2.36. The van der Waals surface area contributed by atoms with Crippen molar-refractivity contribution in [2.75, 3.05) is 18.6 Å². The Labute approximate surface area is 112 Å². The second-order valence-electron chi connectivity index (χ2n) is 4.72. The number of hydrogen-bond donors (Lipinski definition) is 1. The van der Waals surface area contributed by atoms with E-state index in [0.29, 0.717) is 6.54 Å². The van der Waals surface area contributed by atoms with E-state index >= 15 is 0 Å². The van der Waals surface area contributed by atoms with Gasteiger partial charge in [-0.1, -0.05) is 6.92 Å². The molecule has 0 radical (unpaired) electrons. The second kappa shape index (κ2) is 6.43. The summed E-state index contributed by atoms with van der Waals surface area (Å²) in [6.07, 6.45) is 1.85. The highest BCUT2D eigenvalue weighted by Crippen LogP contribution is 2.22. The molecular formula is C13H19F2NO2S. The summed E-state index contributed by atoms with van der Waals surface area (Å²) in [5, 5.41) is 2.94. The first-order valence-electron chi connectivity index (χ1n) is 6.11. The lowest BCUT2D eigenvalue weighted by Gasteiger charge is -2.19. The van der Waals surface area contributed by atoms with Crippen LogP contribution < -0.4 is 5.32 Å². The average Bonchev–Trinajstić information content (AvgIpc) is 2.28. The van der Waals surface area contributed by atoms with E-state index in [4.69, 9.17) is 0 Å². The molecule has 0 spiro atoms. The molecular weight excluding hydrogens is 272 g/mol. The Morgan fingerprint density at radius 2 is 1.89 bits per heavy atom. The molecule has 0 bridgehead atoms. The Hall–Kier alpha value is -1.01. The van der Waals surface area contributed by atoms with Crippen molar-refractivity contribution >= 4 is 9.84 Å². The standard InChI is InChI=1S/C13H19F2NO2S/c1-4-5-16-13(8-19(3,17)18)10-7-11(14)9(2)6-12(10)15/h6-7,13,16H,4-5,8H2,1-3H3. The molecule has 1 atom stereocenters. The Balaban J connectivity index is 3.13. The highest BCUT2D eigenvalue weighted by atomic mass is 32.2. The molecule has 3 nitrogen and oxygen atoms in total. The number of halogens is 2. The quantitative estimate of drug-likeness (QED) is 0.875. The predicted molar refractivity (Wildman–Crippen MR) is 71.8 cm³/mol. The van der Waals surface area contributed by atoms with E-state index in [0.717, 1.165) is 24.8 Å². The van der Waals surface area contributed by atoms with Crippen LogP contribution in [0.2, 0.25) is 0 Å². The van der Waals surface area contributed by atoms with Gasteiger partial charge in [0.05, 0.1) is 5.75 Å². The molecule has 19 heavy (non-hydrogen) atoms. The normalized spacial score (nSPS) is 13.5. The van der Waals surface area contributed by atoms with Crippen LogP contribution in [0.5, 0.6) is 0 Å². The van der Waals surface area contributed by atoms with Crippen molar-refractivity contribution in [3.05, 3.63) is 34.9 Å². The molecule has 1 rings (SSSR count). The summed E-state index contributed by atoms with van der Waals surface area (Å²) in [4.78, 5) is 0. The molecule has 0 aliphatic carbocycles. The summed E-state index contributed by atoms with van der Waals surface area (Å²) in [5.74, 6) is -1.38. The van der Waals surface area contributed by atoms with Crippen LogP contribution in [-0.2, 0) is 9.84 Å². The summed E-state index contributed by atoms with van der Waals surface area (Å²) in [6, 6.07) is 1.43. The fourth-order valence-corrected chi connectivity index (χ4v) is 2.71. The fraction of sp³-hybridized carbons (Fsp3) is 0.538. The molecule has 1 aromatic rings. The minimum atomic E-state index is -3.29. The van der Waals surface area contributed by atoms with Crippen molar-refractivity contribution in [2.45, 2.75) is 26.3 Å². The number of sulfone groups is 1. The van der Waals surface area contributed by atoms with Gasteiger partial charge >= 0.3 is 0 Å². The van der Waals surface area contributed by atoms with Crippen LogP contribution in [0.25, 0.3) is 0 Å². The summed E-state index contributed by atoms with van der Waals surface area (Å²) in [5.41, 5.74) is 0.261. The third kappa shape index (κ3) is 4.87. The Morgan fingerprint density at radius 3 is 2.42 bits per heavy atom.